The highest BCUT2D eigenvalue weighted by Crippen LogP contribution is 2.37. The van der Waals surface area contributed by atoms with Gasteiger partial charge in [0.05, 0.1) is 13.7 Å². The lowest BCUT2D eigenvalue weighted by Crippen LogP contribution is -2.40. The molecule has 4 rings (SSSR count). The van der Waals surface area contributed by atoms with Gasteiger partial charge in [-0.1, -0.05) is 30.3 Å². The highest BCUT2D eigenvalue weighted by atomic mass is 16.5. The third-order valence-electron chi connectivity index (χ3n) is 5.03. The number of methoxy groups -OCH3 is 1. The Morgan fingerprint density at radius 3 is 2.55 bits per heavy atom. The van der Waals surface area contributed by atoms with E-state index < -0.39 is 5.97 Å². The molecule has 0 aliphatic carbocycles. The molecule has 1 aromatic heterocycles. The Kier molecular flexibility index (Phi) is 5.03. The molecular formula is C22H21N3O4. The third-order valence-corrected chi connectivity index (χ3v) is 5.03. The average Bonchev–Trinajstić information content (AvgIpc) is 3.21. The molecular weight excluding hydrogens is 370 g/mol. The number of nitrogens with one attached hydrogen (secondary N) is 1. The van der Waals surface area contributed by atoms with E-state index >= 15 is 0 Å². The van der Waals surface area contributed by atoms with Crippen LogP contribution in [0.15, 0.2) is 54.6 Å². The van der Waals surface area contributed by atoms with E-state index in [1.54, 1.807) is 18.9 Å². The molecule has 2 aromatic carbocycles. The van der Waals surface area contributed by atoms with Crippen LogP contribution in [-0.2, 0) is 4.74 Å². The molecule has 29 heavy (non-hydrogen) atoms. The molecule has 1 N–H and O–H groups in total. The second kappa shape index (κ2) is 7.79. The Morgan fingerprint density at radius 1 is 1.17 bits per heavy atom. The zero-order chi connectivity index (χ0) is 20.4. The number of nitrogens with zero attached hydrogens (tertiary/aromatic N) is 2. The molecule has 3 aromatic rings. The summed E-state index contributed by atoms with van der Waals surface area (Å²) in [5.74, 6) is -0.274. The number of ether oxygens (including phenoxy) is 2. The van der Waals surface area contributed by atoms with Gasteiger partial charge in [-0.2, -0.15) is 5.10 Å². The number of hydrogen-bond acceptors (Lipinski definition) is 5. The summed E-state index contributed by atoms with van der Waals surface area (Å²) in [5, 5.41) is 6.91. The van der Waals surface area contributed by atoms with Crippen molar-refractivity contribution in [2.75, 3.05) is 25.2 Å². The number of aromatic amines is 1. The summed E-state index contributed by atoms with van der Waals surface area (Å²) in [5.41, 5.74) is 2.79. The molecule has 0 radical (unpaired) electrons. The Morgan fingerprint density at radius 2 is 1.90 bits per heavy atom. The highest BCUT2D eigenvalue weighted by Gasteiger charge is 2.39. The van der Waals surface area contributed by atoms with Gasteiger partial charge >= 0.3 is 5.97 Å². The lowest BCUT2D eigenvalue weighted by Gasteiger charge is -2.32. The van der Waals surface area contributed by atoms with Crippen molar-refractivity contribution in [2.24, 2.45) is 0 Å². The average molecular weight is 391 g/mol. The first-order chi connectivity index (χ1) is 14.1. The van der Waals surface area contributed by atoms with Crippen molar-refractivity contribution < 1.29 is 19.1 Å². The van der Waals surface area contributed by atoms with E-state index in [-0.39, 0.29) is 29.8 Å². The number of rotatable bonds is 5. The number of aromatic nitrogens is 2. The maximum Gasteiger partial charge on any atom is 0.356 e. The number of anilines is 1. The standard InChI is InChI=1S/C22H21N3O4/c1-3-29-22(27)20-18-17(14-7-5-4-6-8-14)13-25(21(26)19(18)23-24-20)15-9-11-16(28-2)12-10-15/h4-12,17H,3,13H2,1-2H3,(H,23,24). The van der Waals surface area contributed by atoms with Crippen molar-refractivity contribution in [1.29, 1.82) is 0 Å². The van der Waals surface area contributed by atoms with Gasteiger partial charge in [0, 0.05) is 23.7 Å². The first kappa shape index (κ1) is 18.7. The molecule has 1 unspecified atom stereocenters. The summed E-state index contributed by atoms with van der Waals surface area (Å²) in [6.07, 6.45) is 0. The fourth-order valence-corrected chi connectivity index (χ4v) is 3.64. The number of carbonyl (C=O) groups is 2. The number of esters is 1. The van der Waals surface area contributed by atoms with Crippen molar-refractivity contribution >= 4 is 17.6 Å². The van der Waals surface area contributed by atoms with Gasteiger partial charge in [0.2, 0.25) is 0 Å². The van der Waals surface area contributed by atoms with Gasteiger partial charge in [0.15, 0.2) is 5.69 Å². The van der Waals surface area contributed by atoms with Gasteiger partial charge in [-0.3, -0.25) is 9.89 Å². The minimum absolute atomic E-state index is 0.218. The molecule has 0 bridgehead atoms. The maximum absolute atomic E-state index is 13.2. The van der Waals surface area contributed by atoms with Gasteiger partial charge in [0.1, 0.15) is 11.4 Å². The van der Waals surface area contributed by atoms with Gasteiger partial charge in [0.25, 0.3) is 5.91 Å². The number of H-pyrrole nitrogens is 1. The Balaban J connectivity index is 1.81. The molecule has 1 aliphatic rings. The molecule has 1 atom stereocenters. The van der Waals surface area contributed by atoms with Crippen LogP contribution in [-0.4, -0.2) is 42.3 Å². The van der Waals surface area contributed by atoms with Crippen LogP contribution >= 0.6 is 0 Å². The third kappa shape index (κ3) is 3.35. The number of benzene rings is 2. The van der Waals surface area contributed by atoms with Crippen LogP contribution in [0.3, 0.4) is 0 Å². The molecule has 7 nitrogen and oxygen atoms in total. The molecule has 1 amide bonds. The fourth-order valence-electron chi connectivity index (χ4n) is 3.64. The van der Waals surface area contributed by atoms with E-state index in [0.717, 1.165) is 11.3 Å². The predicted octanol–water partition coefficient (Wildman–Crippen LogP) is 3.39. The summed E-state index contributed by atoms with van der Waals surface area (Å²) in [6.45, 7) is 2.37. The molecule has 7 heteroatoms. The van der Waals surface area contributed by atoms with Crippen molar-refractivity contribution in [1.82, 2.24) is 10.2 Å². The number of hydrogen-bond donors (Lipinski definition) is 1. The van der Waals surface area contributed by atoms with E-state index in [9.17, 15) is 9.59 Å². The van der Waals surface area contributed by atoms with Crippen LogP contribution in [0.1, 0.15) is 44.9 Å². The Labute approximate surface area is 168 Å². The monoisotopic (exact) mass is 391 g/mol. The second-order valence-corrected chi connectivity index (χ2v) is 6.66. The van der Waals surface area contributed by atoms with Gasteiger partial charge < -0.3 is 14.4 Å². The highest BCUT2D eigenvalue weighted by molar-refractivity contribution is 6.09. The first-order valence-electron chi connectivity index (χ1n) is 9.40. The molecule has 0 fully saturated rings. The number of carbonyl (C=O) groups excluding carboxylic acids is 2. The lowest BCUT2D eigenvalue weighted by atomic mass is 9.85. The van der Waals surface area contributed by atoms with Crippen LogP contribution < -0.4 is 9.64 Å². The van der Waals surface area contributed by atoms with Crippen molar-refractivity contribution in [3.05, 3.63) is 77.1 Å². The Bertz CT molecular complexity index is 1030. The smallest absolute Gasteiger partial charge is 0.356 e. The lowest BCUT2D eigenvalue weighted by molar-refractivity contribution is 0.0518. The minimum Gasteiger partial charge on any atom is -0.497 e. The molecule has 0 saturated heterocycles. The zero-order valence-electron chi connectivity index (χ0n) is 16.2. The Hall–Kier alpha value is -3.61. The molecule has 2 heterocycles. The van der Waals surface area contributed by atoms with Crippen molar-refractivity contribution in [3.63, 3.8) is 0 Å². The second-order valence-electron chi connectivity index (χ2n) is 6.66. The zero-order valence-corrected chi connectivity index (χ0v) is 16.2. The van der Waals surface area contributed by atoms with Crippen molar-refractivity contribution in [3.8, 4) is 5.75 Å². The molecule has 148 valence electrons. The van der Waals surface area contributed by atoms with E-state index in [0.29, 0.717) is 17.9 Å². The molecule has 0 spiro atoms. The molecule has 0 saturated carbocycles. The SMILES string of the molecule is CCOC(=O)c1[nH]nc2c1C(c1ccccc1)CN(c1ccc(OC)cc1)C2=O. The predicted molar refractivity (Wildman–Crippen MR) is 107 cm³/mol. The van der Waals surface area contributed by atoms with E-state index in [1.807, 2.05) is 54.6 Å². The van der Waals surface area contributed by atoms with Crippen LogP contribution in [0, 0.1) is 0 Å². The van der Waals surface area contributed by atoms with Crippen LogP contribution in [0.25, 0.3) is 0 Å². The summed E-state index contributed by atoms with van der Waals surface area (Å²) >= 11 is 0. The quantitative estimate of drug-likeness (QED) is 0.674. The van der Waals surface area contributed by atoms with E-state index in [1.165, 1.54) is 0 Å². The minimum atomic E-state index is -0.507. The number of fused-ring (bicyclic) bond motifs is 1. The fraction of sp³-hybridized carbons (Fsp3) is 0.227. The van der Waals surface area contributed by atoms with Crippen LogP contribution in [0.5, 0.6) is 5.75 Å². The van der Waals surface area contributed by atoms with Gasteiger partial charge in [-0.15, -0.1) is 0 Å². The van der Waals surface area contributed by atoms with E-state index in [2.05, 4.69) is 10.2 Å². The summed E-state index contributed by atoms with van der Waals surface area (Å²) in [6, 6.07) is 17.1. The summed E-state index contributed by atoms with van der Waals surface area (Å²) in [7, 11) is 1.60. The maximum atomic E-state index is 13.2. The van der Waals surface area contributed by atoms with Crippen molar-refractivity contribution in [2.45, 2.75) is 12.8 Å². The largest absolute Gasteiger partial charge is 0.497 e. The number of amides is 1. The summed E-state index contributed by atoms with van der Waals surface area (Å²) in [4.78, 5) is 27.3. The first-order valence-corrected chi connectivity index (χ1v) is 9.40. The van der Waals surface area contributed by atoms with Gasteiger partial charge in [-0.05, 0) is 36.8 Å². The van der Waals surface area contributed by atoms with Gasteiger partial charge in [-0.25, -0.2) is 4.79 Å². The molecule has 1 aliphatic heterocycles. The normalized spacial score (nSPS) is 15.7. The summed E-state index contributed by atoms with van der Waals surface area (Å²) < 4.78 is 10.4. The topological polar surface area (TPSA) is 84.5 Å². The van der Waals surface area contributed by atoms with Crippen LogP contribution in [0.4, 0.5) is 5.69 Å². The van der Waals surface area contributed by atoms with E-state index in [4.69, 9.17) is 9.47 Å². The van der Waals surface area contributed by atoms with Crippen LogP contribution in [0.2, 0.25) is 0 Å².